The molecule has 8 nitrogen and oxygen atoms in total. The average molecular weight is 564 g/mol. The van der Waals surface area contributed by atoms with Crippen molar-refractivity contribution >= 4 is 45.3 Å². The number of ketones is 1. The highest BCUT2D eigenvalue weighted by molar-refractivity contribution is 5.95. The quantitative estimate of drug-likeness (QED) is 0.227. The van der Waals surface area contributed by atoms with Crippen LogP contribution in [-0.2, 0) is 20.7 Å². The zero-order chi connectivity index (χ0) is 28.6. The first-order valence-electron chi connectivity index (χ1n) is 14.0. The average Bonchev–Trinajstić information content (AvgIpc) is 3.66. The fraction of sp³-hybridized carbons (Fsp3) is 0.387. The molecule has 0 spiro atoms. The summed E-state index contributed by atoms with van der Waals surface area (Å²) in [6.07, 6.45) is 1.71. The van der Waals surface area contributed by atoms with Crippen molar-refractivity contribution in [1.82, 2.24) is 9.88 Å². The van der Waals surface area contributed by atoms with E-state index in [4.69, 9.17) is 9.15 Å². The molecule has 2 fully saturated rings. The molecule has 0 radical (unpaired) electrons. The lowest BCUT2D eigenvalue weighted by Crippen LogP contribution is -2.54. The Balaban J connectivity index is 1.22. The van der Waals surface area contributed by atoms with Gasteiger partial charge in [-0.3, -0.25) is 9.59 Å². The van der Waals surface area contributed by atoms with E-state index in [1.807, 2.05) is 42.5 Å². The van der Waals surface area contributed by atoms with Crippen LogP contribution in [0.2, 0.25) is 0 Å². The van der Waals surface area contributed by atoms with Crippen LogP contribution in [0.4, 0.5) is 20.5 Å². The number of nitrogens with one attached hydrogen (secondary N) is 1. The summed E-state index contributed by atoms with van der Waals surface area (Å²) in [5.74, 6) is -5.76. The van der Waals surface area contributed by atoms with Gasteiger partial charge in [0.1, 0.15) is 5.52 Å². The number of rotatable bonds is 9. The summed E-state index contributed by atoms with van der Waals surface area (Å²) >= 11 is 0. The maximum absolute atomic E-state index is 16.5. The van der Waals surface area contributed by atoms with E-state index in [0.29, 0.717) is 38.8 Å². The van der Waals surface area contributed by atoms with Gasteiger partial charge >= 0.3 is 11.9 Å². The molecule has 41 heavy (non-hydrogen) atoms. The molecule has 1 aliphatic carbocycles. The zero-order valence-electron chi connectivity index (χ0n) is 22.4. The number of hydrogen-bond donors (Lipinski definition) is 2. The van der Waals surface area contributed by atoms with Gasteiger partial charge in [-0.05, 0) is 61.6 Å². The summed E-state index contributed by atoms with van der Waals surface area (Å²) in [6.45, 7) is 0.694. The minimum atomic E-state index is -2.72. The lowest BCUT2D eigenvalue weighted by molar-refractivity contribution is -0.252. The highest BCUT2D eigenvalue weighted by atomic mass is 19.2. The minimum absolute atomic E-state index is 0.0187. The lowest BCUT2D eigenvalue weighted by Gasteiger charge is -2.37. The van der Waals surface area contributed by atoms with Gasteiger partial charge in [-0.2, -0.15) is 9.37 Å². The van der Waals surface area contributed by atoms with Crippen molar-refractivity contribution in [2.45, 2.75) is 57.0 Å². The fourth-order valence-corrected chi connectivity index (χ4v) is 5.89. The Morgan fingerprint density at radius 1 is 1.05 bits per heavy atom. The zero-order valence-corrected chi connectivity index (χ0v) is 22.4. The maximum atomic E-state index is 16.5. The molecule has 2 heterocycles. The van der Waals surface area contributed by atoms with Crippen molar-refractivity contribution in [1.29, 1.82) is 0 Å². The molecule has 1 aliphatic heterocycles. The molecule has 0 amide bonds. The minimum Gasteiger partial charge on any atom is -0.481 e. The van der Waals surface area contributed by atoms with Crippen molar-refractivity contribution < 1.29 is 32.6 Å². The Hall–Kier alpha value is -3.89. The van der Waals surface area contributed by atoms with Gasteiger partial charge in [0.15, 0.2) is 11.4 Å². The van der Waals surface area contributed by atoms with Crippen LogP contribution in [-0.4, -0.2) is 51.9 Å². The van der Waals surface area contributed by atoms with Crippen molar-refractivity contribution in [3.8, 4) is 0 Å². The smallest absolute Gasteiger partial charge is 0.330 e. The molecule has 214 valence electrons. The number of nitrogens with zero attached hydrogens (tertiary/aromatic N) is 2. The normalized spacial score (nSPS) is 21.2. The van der Waals surface area contributed by atoms with E-state index in [1.165, 1.54) is 11.0 Å². The third-order valence-corrected chi connectivity index (χ3v) is 8.16. The number of aromatic nitrogens is 1. The second-order valence-corrected chi connectivity index (χ2v) is 10.8. The summed E-state index contributed by atoms with van der Waals surface area (Å²) in [7, 11) is 0. The fourth-order valence-electron chi connectivity index (χ4n) is 5.89. The van der Waals surface area contributed by atoms with Crippen LogP contribution < -0.4 is 5.32 Å². The van der Waals surface area contributed by atoms with Gasteiger partial charge in [0.2, 0.25) is 5.78 Å². The summed E-state index contributed by atoms with van der Waals surface area (Å²) in [5, 5.41) is 14.3. The Morgan fingerprint density at radius 3 is 2.54 bits per heavy atom. The van der Waals surface area contributed by atoms with Gasteiger partial charge in [-0.15, -0.1) is 0 Å². The molecule has 3 aromatic carbocycles. The molecule has 0 bridgehead atoms. The Labute approximate surface area is 235 Å². The number of carbonyl (C=O) groups excluding carboxylic acids is 1. The van der Waals surface area contributed by atoms with Crippen molar-refractivity contribution in [2.24, 2.45) is 5.92 Å². The van der Waals surface area contributed by atoms with E-state index in [2.05, 4.69) is 10.3 Å². The van der Waals surface area contributed by atoms with E-state index in [1.54, 1.807) is 6.07 Å². The van der Waals surface area contributed by atoms with E-state index in [9.17, 15) is 14.7 Å². The number of carboxylic acids is 1. The summed E-state index contributed by atoms with van der Waals surface area (Å²) in [4.78, 5) is 30.5. The maximum Gasteiger partial charge on any atom is 0.330 e. The standard InChI is InChI=1S/C31H31F2N3O5/c32-27-21(12-15-25-28(27)40-30(35-25)34-24-9-5-7-19-6-1-2-8-23(19)24)18-26(37)31(33,36-16-3-4-17-36)41-22-13-10-20(11-14-22)29(38)39/h1-2,5-9,12,15,20,22H,3-4,10-11,13-14,16-18H2,(H,34,35)(H,38,39). The van der Waals surface area contributed by atoms with Crippen LogP contribution in [0.25, 0.3) is 21.9 Å². The van der Waals surface area contributed by atoms with Crippen LogP contribution in [0, 0.1) is 11.7 Å². The number of hydrogen-bond acceptors (Lipinski definition) is 7. The number of carboxylic acid groups (broad SMARTS) is 1. The van der Waals surface area contributed by atoms with Gasteiger partial charge in [0.25, 0.3) is 6.01 Å². The predicted octanol–water partition coefficient (Wildman–Crippen LogP) is 6.35. The first kappa shape index (κ1) is 27.3. The number of Topliss-reactive ketones (excluding diaryl/α,β-unsaturated/α-hetero) is 1. The number of likely N-dealkylation sites (tertiary alicyclic amines) is 1. The first-order valence-corrected chi connectivity index (χ1v) is 14.0. The molecule has 1 unspecified atom stereocenters. The monoisotopic (exact) mass is 563 g/mol. The Kier molecular flexibility index (Phi) is 7.44. The topological polar surface area (TPSA) is 105 Å². The van der Waals surface area contributed by atoms with E-state index >= 15 is 8.78 Å². The SMILES string of the molecule is O=C(O)C1CCC(OC(F)(C(=O)Cc2ccc3nc(Nc4cccc5ccccc45)oc3c2F)N2CCCC2)CC1. The number of fused-ring (bicyclic) bond motifs is 2. The number of alkyl halides is 1. The molecule has 4 aromatic rings. The molecule has 2 aliphatic rings. The van der Waals surface area contributed by atoms with Crippen molar-refractivity contribution in [3.05, 3.63) is 66.0 Å². The van der Waals surface area contributed by atoms with Crippen LogP contribution in [0.5, 0.6) is 0 Å². The molecule has 10 heteroatoms. The third-order valence-electron chi connectivity index (χ3n) is 8.16. The predicted molar refractivity (Wildman–Crippen MR) is 149 cm³/mol. The number of benzene rings is 3. The Morgan fingerprint density at radius 2 is 1.78 bits per heavy atom. The molecule has 1 atom stereocenters. The summed E-state index contributed by atoms with van der Waals surface area (Å²) in [6, 6.07) is 16.6. The highest BCUT2D eigenvalue weighted by Gasteiger charge is 2.49. The van der Waals surface area contributed by atoms with Crippen LogP contribution >= 0.6 is 0 Å². The number of carbonyl (C=O) groups is 2. The molecule has 6 rings (SSSR count). The second kappa shape index (κ2) is 11.2. The number of halogens is 2. The molecule has 2 N–H and O–H groups in total. The van der Waals surface area contributed by atoms with Crippen molar-refractivity contribution in [3.63, 3.8) is 0 Å². The second-order valence-electron chi connectivity index (χ2n) is 10.8. The van der Waals surface area contributed by atoms with Gasteiger partial charge in [-0.1, -0.05) is 42.5 Å². The van der Waals surface area contributed by atoms with Crippen LogP contribution in [0.3, 0.4) is 0 Å². The number of oxazole rings is 1. The lowest BCUT2D eigenvalue weighted by atomic mass is 9.87. The number of ether oxygens (including phenoxy) is 1. The summed E-state index contributed by atoms with van der Waals surface area (Å²) in [5.41, 5.74) is 0.859. The van der Waals surface area contributed by atoms with Gasteiger partial charge in [-0.25, -0.2) is 9.29 Å². The molecular formula is C31H31F2N3O5. The molecular weight excluding hydrogens is 532 g/mol. The van der Waals surface area contributed by atoms with E-state index < -0.39 is 42.0 Å². The number of aliphatic carboxylic acids is 1. The van der Waals surface area contributed by atoms with Crippen LogP contribution in [0.15, 0.2) is 59.0 Å². The van der Waals surface area contributed by atoms with Gasteiger partial charge in [0, 0.05) is 24.9 Å². The van der Waals surface area contributed by atoms with Gasteiger partial charge < -0.3 is 19.6 Å². The van der Waals surface area contributed by atoms with E-state index in [-0.39, 0.29) is 22.7 Å². The first-order chi connectivity index (χ1) is 19.8. The van der Waals surface area contributed by atoms with Gasteiger partial charge in [0.05, 0.1) is 17.7 Å². The molecule has 1 aromatic heterocycles. The summed E-state index contributed by atoms with van der Waals surface area (Å²) < 4.78 is 43.7. The molecule has 1 saturated carbocycles. The van der Waals surface area contributed by atoms with E-state index in [0.717, 1.165) is 29.3 Å². The highest BCUT2D eigenvalue weighted by Crippen LogP contribution is 2.35. The largest absolute Gasteiger partial charge is 0.481 e. The van der Waals surface area contributed by atoms with Crippen LogP contribution in [0.1, 0.15) is 44.1 Å². The van der Waals surface area contributed by atoms with Crippen molar-refractivity contribution in [2.75, 3.05) is 18.4 Å². The Bertz CT molecular complexity index is 1590. The number of anilines is 2. The third kappa shape index (κ3) is 5.41. The molecule has 1 saturated heterocycles.